The van der Waals surface area contributed by atoms with E-state index < -0.39 is 69.4 Å². The number of ether oxygens (including phenoxy) is 4. The summed E-state index contributed by atoms with van der Waals surface area (Å²) in [6, 6.07) is 7.77. The summed E-state index contributed by atoms with van der Waals surface area (Å²) in [6.45, 7) is 15.3. The summed E-state index contributed by atoms with van der Waals surface area (Å²) in [5, 5.41) is 11.4. The van der Waals surface area contributed by atoms with E-state index in [9.17, 15) is 27.9 Å². The van der Waals surface area contributed by atoms with Crippen molar-refractivity contribution in [2.24, 2.45) is 17.3 Å². The molecule has 0 radical (unpaired) electrons. The number of aliphatic hydroxyl groups excluding tert-OH is 1. The number of esters is 1. The van der Waals surface area contributed by atoms with Gasteiger partial charge >= 0.3 is 5.97 Å². The first kappa shape index (κ1) is 44.9. The number of likely N-dealkylation sites (N-methyl/N-ethyl adjacent to an activating group) is 2. The van der Waals surface area contributed by atoms with Crippen LogP contribution in [0.2, 0.25) is 0 Å². The third-order valence-electron chi connectivity index (χ3n) is 11.6. The predicted octanol–water partition coefficient (Wildman–Crippen LogP) is 2.55. The van der Waals surface area contributed by atoms with Crippen LogP contribution in [0.1, 0.15) is 59.9 Å². The highest BCUT2D eigenvalue weighted by Crippen LogP contribution is 2.39. The molecule has 10 atom stereocenters. The predicted molar refractivity (Wildman–Crippen MR) is 208 cm³/mol. The Morgan fingerprint density at radius 3 is 2.25 bits per heavy atom. The van der Waals surface area contributed by atoms with Gasteiger partial charge in [0.05, 0.1) is 23.4 Å². The number of sulfonamides is 1. The summed E-state index contributed by atoms with van der Waals surface area (Å²) in [6.07, 6.45) is -2.03. The number of aliphatic hydroxyl groups is 1. The Kier molecular flexibility index (Phi) is 14.9. The van der Waals surface area contributed by atoms with E-state index in [4.69, 9.17) is 18.9 Å². The minimum Gasteiger partial charge on any atom is -0.460 e. The van der Waals surface area contributed by atoms with Crippen LogP contribution in [0.4, 0.5) is 0 Å². The molecule has 3 aliphatic rings. The summed E-state index contributed by atoms with van der Waals surface area (Å²) < 4.78 is 52.9. The van der Waals surface area contributed by atoms with Gasteiger partial charge in [-0.25, -0.2) is 8.42 Å². The van der Waals surface area contributed by atoms with Gasteiger partial charge in [-0.3, -0.25) is 19.3 Å². The van der Waals surface area contributed by atoms with E-state index in [1.165, 1.54) is 31.3 Å². The molecule has 3 saturated heterocycles. The summed E-state index contributed by atoms with van der Waals surface area (Å²) in [7, 11) is 3.46. The molecule has 1 aromatic carbocycles. The zero-order chi connectivity index (χ0) is 41.0. The number of benzene rings is 1. The maximum atomic E-state index is 14.6. The maximum Gasteiger partial charge on any atom is 0.319 e. The van der Waals surface area contributed by atoms with E-state index in [1.54, 1.807) is 43.1 Å². The van der Waals surface area contributed by atoms with Crippen LogP contribution in [0.3, 0.4) is 0 Å². The molecule has 1 aromatic rings. The smallest absolute Gasteiger partial charge is 0.319 e. The second-order valence-corrected chi connectivity index (χ2v) is 18.6. The molecular formula is C40H64N4O10S. The van der Waals surface area contributed by atoms with Crippen LogP contribution < -0.4 is 0 Å². The van der Waals surface area contributed by atoms with Gasteiger partial charge in [-0.15, -0.1) is 6.58 Å². The first-order chi connectivity index (χ1) is 25.7. The molecule has 3 aliphatic heterocycles. The van der Waals surface area contributed by atoms with Gasteiger partial charge in [0.1, 0.15) is 29.8 Å². The van der Waals surface area contributed by atoms with E-state index in [0.29, 0.717) is 24.9 Å². The van der Waals surface area contributed by atoms with Crippen molar-refractivity contribution in [3.63, 3.8) is 0 Å². The number of cyclic esters (lactones) is 1. The van der Waals surface area contributed by atoms with Gasteiger partial charge in [0.2, 0.25) is 15.9 Å². The Hall–Kier alpha value is -2.76. The van der Waals surface area contributed by atoms with Crippen LogP contribution in [0.5, 0.6) is 0 Å². The minimum atomic E-state index is -3.61. The first-order valence-corrected chi connectivity index (χ1v) is 20.9. The van der Waals surface area contributed by atoms with Crippen LogP contribution in [0.25, 0.3) is 0 Å². The van der Waals surface area contributed by atoms with Crippen molar-refractivity contribution >= 4 is 27.7 Å². The molecule has 0 bridgehead atoms. The van der Waals surface area contributed by atoms with Crippen LogP contribution in [0, 0.1) is 17.3 Å². The summed E-state index contributed by atoms with van der Waals surface area (Å²) in [5.74, 6) is -3.01. The monoisotopic (exact) mass is 792 g/mol. The molecular weight excluding hydrogens is 729 g/mol. The lowest BCUT2D eigenvalue weighted by Crippen LogP contribution is -2.59. The SMILES string of the molecule is C=C[C@H]1C(=O)C(C)(C)C(=O)O[C@@H](C)[C@H](C(=O)N2CCN(S(=O)(=O)Cc3ccccc3)CC2)N(C)C[C@H](C)C[C@@](C)(OC)[C@@H]1O[C@@H]1O[C@H](C)CC(N(C)C)[C@H]1O. The highest BCUT2D eigenvalue weighted by atomic mass is 32.2. The largest absolute Gasteiger partial charge is 0.460 e. The van der Waals surface area contributed by atoms with Crippen molar-refractivity contribution in [2.75, 3.05) is 61.0 Å². The van der Waals surface area contributed by atoms with Crippen molar-refractivity contribution in [3.05, 3.63) is 48.6 Å². The number of carbonyl (C=O) groups excluding carboxylic acids is 3. The average molecular weight is 793 g/mol. The molecule has 1 N–H and O–H groups in total. The highest BCUT2D eigenvalue weighted by molar-refractivity contribution is 7.88. The number of ketones is 1. The second kappa shape index (κ2) is 18.2. The fraction of sp³-hybridized carbons (Fsp3) is 0.725. The molecule has 1 unspecified atom stereocenters. The van der Waals surface area contributed by atoms with Gasteiger partial charge in [-0.05, 0) is 80.1 Å². The maximum absolute atomic E-state index is 14.6. The Balaban J connectivity index is 1.63. The zero-order valence-electron chi connectivity index (χ0n) is 34.3. The van der Waals surface area contributed by atoms with Gasteiger partial charge in [0.25, 0.3) is 0 Å². The lowest BCUT2D eigenvalue weighted by molar-refractivity contribution is -0.294. The summed E-state index contributed by atoms with van der Waals surface area (Å²) in [5.41, 5.74) is -2.18. The van der Waals surface area contributed by atoms with Gasteiger partial charge in [0.15, 0.2) is 12.1 Å². The van der Waals surface area contributed by atoms with Crippen LogP contribution in [-0.2, 0) is 49.1 Å². The molecule has 4 rings (SSSR count). The molecule has 310 valence electrons. The van der Waals surface area contributed by atoms with Crippen molar-refractivity contribution < 1.29 is 46.9 Å². The average Bonchev–Trinajstić information content (AvgIpc) is 3.12. The Labute approximate surface area is 328 Å². The molecule has 55 heavy (non-hydrogen) atoms. The van der Waals surface area contributed by atoms with E-state index in [2.05, 4.69) is 6.58 Å². The first-order valence-electron chi connectivity index (χ1n) is 19.3. The number of nitrogens with zero attached hydrogens (tertiary/aromatic N) is 4. The number of carbonyl (C=O) groups is 3. The molecule has 0 saturated carbocycles. The minimum absolute atomic E-state index is 0.129. The molecule has 3 heterocycles. The van der Waals surface area contributed by atoms with Crippen LogP contribution in [-0.4, -0.2) is 160 Å². The number of piperazine rings is 1. The number of rotatable bonds is 9. The highest BCUT2D eigenvalue weighted by Gasteiger charge is 2.53. The standard InChI is InChI=1S/C40H64N4O10S/c1-12-30-34(46)39(5,6)38(48)53-28(4)32(36(47)43-18-20-44(21-19-43)55(49,50)25-29-16-14-13-15-17-29)42(10)24-26(2)23-40(7,51-11)35(30)54-37-33(45)31(41(8)9)22-27(3)52-37/h12-17,26-28,30-33,35,37,45H,1,18-25H2,2-11H3/t26-,27-,28+,30+,31?,32-,33-,35-,37+,40-/m1/s1. The second-order valence-electron chi connectivity index (χ2n) is 16.7. The van der Waals surface area contributed by atoms with Gasteiger partial charge in [-0.1, -0.05) is 43.3 Å². The van der Waals surface area contributed by atoms with Gasteiger partial charge in [0, 0.05) is 45.9 Å². The third kappa shape index (κ3) is 10.2. The molecule has 0 spiro atoms. The van der Waals surface area contributed by atoms with E-state index in [1.807, 2.05) is 50.7 Å². The molecule has 0 aliphatic carbocycles. The third-order valence-corrected chi connectivity index (χ3v) is 13.4. The van der Waals surface area contributed by atoms with E-state index >= 15 is 0 Å². The van der Waals surface area contributed by atoms with Crippen molar-refractivity contribution in [1.82, 2.24) is 19.0 Å². The number of hydrogen-bond acceptors (Lipinski definition) is 12. The van der Waals surface area contributed by atoms with Crippen LogP contribution >= 0.6 is 0 Å². The van der Waals surface area contributed by atoms with Gasteiger partial charge in [-0.2, -0.15) is 4.31 Å². The summed E-state index contributed by atoms with van der Waals surface area (Å²) in [4.78, 5) is 48.4. The lowest BCUT2D eigenvalue weighted by Gasteiger charge is -2.47. The van der Waals surface area contributed by atoms with E-state index in [0.717, 1.165) is 0 Å². The number of methoxy groups -OCH3 is 1. The fourth-order valence-electron chi connectivity index (χ4n) is 8.35. The van der Waals surface area contributed by atoms with E-state index in [-0.39, 0.29) is 55.9 Å². The Morgan fingerprint density at radius 2 is 1.69 bits per heavy atom. The van der Waals surface area contributed by atoms with Crippen molar-refractivity contribution in [1.29, 1.82) is 0 Å². The topological polar surface area (TPSA) is 155 Å². The molecule has 14 nitrogen and oxygen atoms in total. The normalized spacial score (nSPS) is 35.0. The number of amides is 1. The number of Topliss-reactive ketones (excluding diaryl/α,β-unsaturated/α-hetero) is 1. The van der Waals surface area contributed by atoms with Crippen molar-refractivity contribution in [3.8, 4) is 0 Å². The quantitative estimate of drug-likeness (QED) is 0.222. The molecule has 3 fully saturated rings. The molecule has 15 heteroatoms. The summed E-state index contributed by atoms with van der Waals surface area (Å²) >= 11 is 0. The van der Waals surface area contributed by atoms with Crippen LogP contribution in [0.15, 0.2) is 43.0 Å². The Morgan fingerprint density at radius 1 is 1.07 bits per heavy atom. The fourth-order valence-corrected chi connectivity index (χ4v) is 9.86. The zero-order valence-corrected chi connectivity index (χ0v) is 35.2. The molecule has 0 aromatic heterocycles. The number of hydrogen-bond donors (Lipinski definition) is 1. The van der Waals surface area contributed by atoms with Gasteiger partial charge < -0.3 is 33.9 Å². The Bertz CT molecular complexity index is 1600. The molecule has 1 amide bonds. The lowest BCUT2D eigenvalue weighted by atomic mass is 9.73. The van der Waals surface area contributed by atoms with Crippen molar-refractivity contribution in [2.45, 2.75) is 109 Å².